The zero-order valence-electron chi connectivity index (χ0n) is 13.6. The van der Waals surface area contributed by atoms with Gasteiger partial charge in [0.05, 0.1) is 18.2 Å². The molecule has 4 nitrogen and oxygen atoms in total. The Morgan fingerprint density at radius 1 is 1.08 bits per heavy atom. The van der Waals surface area contributed by atoms with Gasteiger partial charge in [-0.25, -0.2) is 4.79 Å². The van der Waals surface area contributed by atoms with Crippen molar-refractivity contribution in [1.82, 2.24) is 0 Å². The van der Waals surface area contributed by atoms with Crippen LogP contribution in [0.15, 0.2) is 54.6 Å². The van der Waals surface area contributed by atoms with Crippen molar-refractivity contribution in [2.75, 3.05) is 6.61 Å². The molecule has 0 atom stereocenters. The summed E-state index contributed by atoms with van der Waals surface area (Å²) in [7, 11) is 0. The van der Waals surface area contributed by atoms with E-state index in [0.29, 0.717) is 17.9 Å². The lowest BCUT2D eigenvalue weighted by Gasteiger charge is -2.06. The average Bonchev–Trinajstić information content (AvgIpc) is 2.62. The van der Waals surface area contributed by atoms with E-state index >= 15 is 0 Å². The number of hydrogen-bond donors (Lipinski definition) is 0. The second kappa shape index (κ2) is 9.16. The van der Waals surface area contributed by atoms with Crippen LogP contribution >= 0.6 is 0 Å². The third kappa shape index (κ3) is 5.62. The summed E-state index contributed by atoms with van der Waals surface area (Å²) in [6.45, 7) is 2.79. The zero-order valence-corrected chi connectivity index (χ0v) is 13.6. The van der Waals surface area contributed by atoms with Crippen molar-refractivity contribution in [2.45, 2.75) is 19.8 Å². The molecule has 0 aromatic heterocycles. The topological polar surface area (TPSA) is 59.3 Å². The fourth-order valence-electron chi connectivity index (χ4n) is 1.92. The largest absolute Gasteiger partial charge is 0.494 e. The van der Waals surface area contributed by atoms with Crippen molar-refractivity contribution in [3.63, 3.8) is 0 Å². The minimum atomic E-state index is -0.459. The van der Waals surface area contributed by atoms with Crippen molar-refractivity contribution in [2.24, 2.45) is 0 Å². The highest BCUT2D eigenvalue weighted by Crippen LogP contribution is 2.18. The Morgan fingerprint density at radius 3 is 2.38 bits per heavy atom. The van der Waals surface area contributed by atoms with Gasteiger partial charge in [0.25, 0.3) is 0 Å². The number of carbonyl (C=O) groups is 1. The molecular formula is C20H19NO3. The molecule has 0 bridgehead atoms. The summed E-state index contributed by atoms with van der Waals surface area (Å²) in [6, 6.07) is 15.9. The molecule has 2 rings (SSSR count). The van der Waals surface area contributed by atoms with Gasteiger partial charge >= 0.3 is 5.97 Å². The minimum Gasteiger partial charge on any atom is -0.494 e. The highest BCUT2D eigenvalue weighted by molar-refractivity contribution is 5.88. The zero-order chi connectivity index (χ0) is 17.2. The van der Waals surface area contributed by atoms with Gasteiger partial charge in [-0.2, -0.15) is 5.26 Å². The lowest BCUT2D eigenvalue weighted by molar-refractivity contribution is -0.128. The fourth-order valence-corrected chi connectivity index (χ4v) is 1.92. The van der Waals surface area contributed by atoms with Gasteiger partial charge in [-0.3, -0.25) is 0 Å². The SMILES string of the molecule is CCCCOc1ccc(OC(=O)C=Cc2ccc(C#N)cc2)cc1. The highest BCUT2D eigenvalue weighted by atomic mass is 16.5. The second-order valence-corrected chi connectivity index (χ2v) is 5.16. The van der Waals surface area contributed by atoms with E-state index in [-0.39, 0.29) is 0 Å². The summed E-state index contributed by atoms with van der Waals surface area (Å²) in [4.78, 5) is 11.8. The Morgan fingerprint density at radius 2 is 1.75 bits per heavy atom. The molecular weight excluding hydrogens is 302 g/mol. The van der Waals surface area contributed by atoms with Crippen LogP contribution in [-0.4, -0.2) is 12.6 Å². The second-order valence-electron chi connectivity index (χ2n) is 5.16. The lowest BCUT2D eigenvalue weighted by Crippen LogP contribution is -2.03. The van der Waals surface area contributed by atoms with Crippen molar-refractivity contribution in [3.05, 3.63) is 65.7 Å². The first kappa shape index (κ1) is 17.3. The Labute approximate surface area is 141 Å². The molecule has 4 heteroatoms. The molecule has 0 spiro atoms. The summed E-state index contributed by atoms with van der Waals surface area (Å²) in [6.07, 6.45) is 5.09. The predicted octanol–water partition coefficient (Wildman–Crippen LogP) is 4.36. The van der Waals surface area contributed by atoms with Crippen molar-refractivity contribution >= 4 is 12.0 Å². The third-order valence-corrected chi connectivity index (χ3v) is 3.26. The number of nitriles is 1. The summed E-state index contributed by atoms with van der Waals surface area (Å²) in [5.41, 5.74) is 1.40. The molecule has 122 valence electrons. The van der Waals surface area contributed by atoms with Crippen LogP contribution in [0.1, 0.15) is 30.9 Å². The van der Waals surface area contributed by atoms with E-state index in [1.807, 2.05) is 6.07 Å². The van der Waals surface area contributed by atoms with Gasteiger partial charge in [0.1, 0.15) is 11.5 Å². The van der Waals surface area contributed by atoms with E-state index < -0.39 is 5.97 Å². The van der Waals surface area contributed by atoms with E-state index in [9.17, 15) is 4.79 Å². The van der Waals surface area contributed by atoms with Crippen molar-refractivity contribution in [1.29, 1.82) is 5.26 Å². The fraction of sp³-hybridized carbons (Fsp3) is 0.200. The van der Waals surface area contributed by atoms with Crippen molar-refractivity contribution in [3.8, 4) is 17.6 Å². The van der Waals surface area contributed by atoms with Crippen LogP contribution in [0, 0.1) is 11.3 Å². The first-order chi connectivity index (χ1) is 11.7. The maximum atomic E-state index is 11.8. The average molecular weight is 321 g/mol. The molecule has 0 saturated carbocycles. The smallest absolute Gasteiger partial charge is 0.336 e. The van der Waals surface area contributed by atoms with Crippen LogP contribution in [0.5, 0.6) is 11.5 Å². The number of hydrogen-bond acceptors (Lipinski definition) is 4. The van der Waals surface area contributed by atoms with Gasteiger partial charge in [0, 0.05) is 6.08 Å². The van der Waals surface area contributed by atoms with E-state index in [1.165, 1.54) is 6.08 Å². The van der Waals surface area contributed by atoms with Crippen LogP contribution in [0.2, 0.25) is 0 Å². The number of nitrogens with zero attached hydrogens (tertiary/aromatic N) is 1. The third-order valence-electron chi connectivity index (χ3n) is 3.26. The molecule has 2 aromatic carbocycles. The number of rotatable bonds is 7. The standard InChI is InChI=1S/C20H19NO3/c1-2-3-14-23-18-9-11-19(12-10-18)24-20(22)13-8-16-4-6-17(15-21)7-5-16/h4-13H,2-3,14H2,1H3. The molecule has 0 fully saturated rings. The van der Waals surface area contributed by atoms with Crippen LogP contribution in [0.4, 0.5) is 0 Å². The molecule has 0 heterocycles. The molecule has 0 N–H and O–H groups in total. The van der Waals surface area contributed by atoms with Gasteiger partial charge in [-0.05, 0) is 54.5 Å². The summed E-state index contributed by atoms with van der Waals surface area (Å²) in [5.74, 6) is 0.766. The van der Waals surface area contributed by atoms with Crippen LogP contribution in [0.3, 0.4) is 0 Å². The van der Waals surface area contributed by atoms with Crippen LogP contribution in [-0.2, 0) is 4.79 Å². The molecule has 24 heavy (non-hydrogen) atoms. The van der Waals surface area contributed by atoms with Crippen molar-refractivity contribution < 1.29 is 14.3 Å². The minimum absolute atomic E-state index is 0.459. The van der Waals surface area contributed by atoms with Gasteiger partial charge in [0.2, 0.25) is 0 Å². The predicted molar refractivity (Wildman–Crippen MR) is 92.7 cm³/mol. The first-order valence-corrected chi connectivity index (χ1v) is 7.84. The van der Waals surface area contributed by atoms with Crippen LogP contribution in [0.25, 0.3) is 6.08 Å². The number of benzene rings is 2. The van der Waals surface area contributed by atoms with E-state index in [1.54, 1.807) is 54.6 Å². The molecule has 0 aliphatic rings. The van der Waals surface area contributed by atoms with E-state index in [0.717, 1.165) is 24.2 Å². The van der Waals surface area contributed by atoms with Gasteiger partial charge in [-0.1, -0.05) is 25.5 Å². The maximum Gasteiger partial charge on any atom is 0.336 e. The monoisotopic (exact) mass is 321 g/mol. The first-order valence-electron chi connectivity index (χ1n) is 7.84. The Hall–Kier alpha value is -3.06. The number of unbranched alkanes of at least 4 members (excludes halogenated alkanes) is 1. The van der Waals surface area contributed by atoms with Gasteiger partial charge in [-0.15, -0.1) is 0 Å². The van der Waals surface area contributed by atoms with Gasteiger partial charge < -0.3 is 9.47 Å². The quantitative estimate of drug-likeness (QED) is 0.329. The molecule has 0 aliphatic heterocycles. The van der Waals surface area contributed by atoms with Gasteiger partial charge in [0.15, 0.2) is 0 Å². The molecule has 2 aromatic rings. The summed E-state index contributed by atoms with van der Waals surface area (Å²) < 4.78 is 10.8. The molecule has 0 aliphatic carbocycles. The molecule has 0 saturated heterocycles. The van der Waals surface area contributed by atoms with E-state index in [2.05, 4.69) is 6.92 Å². The number of carbonyl (C=O) groups excluding carboxylic acids is 1. The Bertz CT molecular complexity index is 725. The molecule has 0 amide bonds. The number of esters is 1. The van der Waals surface area contributed by atoms with Crippen LogP contribution < -0.4 is 9.47 Å². The Balaban J connectivity index is 1.87. The Kier molecular flexibility index (Phi) is 6.60. The molecule has 0 radical (unpaired) electrons. The summed E-state index contributed by atoms with van der Waals surface area (Å²) >= 11 is 0. The summed E-state index contributed by atoms with van der Waals surface area (Å²) in [5, 5.41) is 8.74. The molecule has 0 unspecified atom stereocenters. The number of ether oxygens (including phenoxy) is 2. The highest BCUT2D eigenvalue weighted by Gasteiger charge is 2.01. The normalized spacial score (nSPS) is 10.3. The lowest BCUT2D eigenvalue weighted by atomic mass is 10.1. The maximum absolute atomic E-state index is 11.8. The van der Waals surface area contributed by atoms with E-state index in [4.69, 9.17) is 14.7 Å².